The molecule has 2 aromatic carbocycles. The minimum atomic E-state index is -0.983. The van der Waals surface area contributed by atoms with Crippen LogP contribution in [0.4, 0.5) is 4.39 Å². The van der Waals surface area contributed by atoms with Crippen molar-refractivity contribution in [3.8, 4) is 0 Å². The third kappa shape index (κ3) is 4.24. The summed E-state index contributed by atoms with van der Waals surface area (Å²) in [6.07, 6.45) is 0. The number of ether oxygens (including phenoxy) is 1. The number of carbonyl (C=O) groups is 2. The lowest BCUT2D eigenvalue weighted by atomic mass is 9.94. The van der Waals surface area contributed by atoms with E-state index in [1.165, 1.54) is 11.0 Å². The molecule has 0 aliphatic carbocycles. The smallest absolute Gasteiger partial charge is 0.295 e. The summed E-state index contributed by atoms with van der Waals surface area (Å²) in [7, 11) is 0. The molecule has 7 heteroatoms. The van der Waals surface area contributed by atoms with Crippen LogP contribution < -0.4 is 0 Å². The Morgan fingerprint density at radius 3 is 2.42 bits per heavy atom. The van der Waals surface area contributed by atoms with Gasteiger partial charge in [0, 0.05) is 37.3 Å². The predicted octanol–water partition coefficient (Wildman–Crippen LogP) is 2.89. The molecule has 4 rings (SSSR count). The van der Waals surface area contributed by atoms with E-state index in [2.05, 4.69) is 4.90 Å². The number of hydrogen-bond donors (Lipinski definition) is 1. The van der Waals surface area contributed by atoms with E-state index in [-0.39, 0.29) is 23.4 Å². The second-order valence-electron chi connectivity index (χ2n) is 7.83. The van der Waals surface area contributed by atoms with Crippen molar-refractivity contribution in [2.75, 3.05) is 39.4 Å². The van der Waals surface area contributed by atoms with E-state index in [9.17, 15) is 19.1 Å². The third-order valence-corrected chi connectivity index (χ3v) is 5.83. The monoisotopic (exact) mass is 424 g/mol. The quantitative estimate of drug-likeness (QED) is 0.454. The number of aryl methyl sites for hydroxylation is 1. The van der Waals surface area contributed by atoms with E-state index in [0.717, 1.165) is 18.7 Å². The standard InChI is InChI=1S/C24H25FN2O4/c1-16-6-8-17(9-7-16)22(28)20-21(18-4-2-3-5-19(18)25)27(24(30)23(20)29)11-10-26-12-14-31-15-13-26/h2-9,21,28H,10-15H2,1H3/b22-20+. The summed E-state index contributed by atoms with van der Waals surface area (Å²) in [6, 6.07) is 12.1. The number of benzene rings is 2. The molecule has 1 amide bonds. The van der Waals surface area contributed by atoms with Gasteiger partial charge >= 0.3 is 0 Å². The SMILES string of the molecule is Cc1ccc(/C(O)=C2\C(=O)C(=O)N(CCN3CCOCC3)C2c2ccccc2F)cc1. The molecule has 0 aromatic heterocycles. The van der Waals surface area contributed by atoms with Crippen molar-refractivity contribution in [1.29, 1.82) is 0 Å². The fourth-order valence-electron chi connectivity index (χ4n) is 4.07. The summed E-state index contributed by atoms with van der Waals surface area (Å²) in [5.74, 6) is -2.34. The van der Waals surface area contributed by atoms with Crippen molar-refractivity contribution in [3.63, 3.8) is 0 Å². The Bertz CT molecular complexity index is 1010. The zero-order valence-electron chi connectivity index (χ0n) is 17.4. The first-order valence-corrected chi connectivity index (χ1v) is 10.4. The van der Waals surface area contributed by atoms with Gasteiger partial charge in [0.05, 0.1) is 24.8 Å². The lowest BCUT2D eigenvalue weighted by Crippen LogP contribution is -2.42. The van der Waals surface area contributed by atoms with Crippen molar-refractivity contribution in [2.45, 2.75) is 13.0 Å². The van der Waals surface area contributed by atoms with Gasteiger partial charge in [-0.25, -0.2) is 4.39 Å². The molecule has 0 saturated carbocycles. The van der Waals surface area contributed by atoms with Crippen LogP contribution in [0, 0.1) is 12.7 Å². The molecule has 1 N–H and O–H groups in total. The van der Waals surface area contributed by atoms with E-state index >= 15 is 0 Å². The molecule has 0 bridgehead atoms. The number of hydrogen-bond acceptors (Lipinski definition) is 5. The Hall–Kier alpha value is -3.03. The maximum absolute atomic E-state index is 14.8. The van der Waals surface area contributed by atoms with E-state index in [4.69, 9.17) is 4.74 Å². The summed E-state index contributed by atoms with van der Waals surface area (Å²) in [4.78, 5) is 29.4. The minimum Gasteiger partial charge on any atom is -0.507 e. The van der Waals surface area contributed by atoms with Gasteiger partial charge in [-0.15, -0.1) is 0 Å². The highest BCUT2D eigenvalue weighted by atomic mass is 19.1. The van der Waals surface area contributed by atoms with Crippen molar-refractivity contribution < 1.29 is 23.8 Å². The fourth-order valence-corrected chi connectivity index (χ4v) is 4.07. The normalized spacial score (nSPS) is 21.6. The summed E-state index contributed by atoms with van der Waals surface area (Å²) < 4.78 is 20.1. The lowest BCUT2D eigenvalue weighted by Gasteiger charge is -2.31. The Morgan fingerprint density at radius 2 is 1.74 bits per heavy atom. The summed E-state index contributed by atoms with van der Waals surface area (Å²) in [5, 5.41) is 11.0. The zero-order chi connectivity index (χ0) is 22.0. The Labute approximate surface area is 180 Å². The first-order chi connectivity index (χ1) is 15.0. The number of aliphatic hydroxyl groups is 1. The molecule has 0 radical (unpaired) electrons. The van der Waals surface area contributed by atoms with Crippen molar-refractivity contribution in [3.05, 3.63) is 76.6 Å². The molecular formula is C24H25FN2O4. The number of amides is 1. The van der Waals surface area contributed by atoms with Gasteiger partial charge in [-0.2, -0.15) is 0 Å². The van der Waals surface area contributed by atoms with Gasteiger partial charge in [-0.1, -0.05) is 48.0 Å². The third-order valence-electron chi connectivity index (χ3n) is 5.83. The Morgan fingerprint density at radius 1 is 1.06 bits per heavy atom. The van der Waals surface area contributed by atoms with Gasteiger partial charge in [-0.05, 0) is 13.0 Å². The van der Waals surface area contributed by atoms with Gasteiger partial charge in [0.15, 0.2) is 0 Å². The summed E-state index contributed by atoms with van der Waals surface area (Å²) in [5.41, 5.74) is 1.52. The molecule has 31 heavy (non-hydrogen) atoms. The first-order valence-electron chi connectivity index (χ1n) is 10.4. The number of likely N-dealkylation sites (tertiary alicyclic amines) is 1. The van der Waals surface area contributed by atoms with Crippen LogP contribution in [0.3, 0.4) is 0 Å². The van der Waals surface area contributed by atoms with Crippen molar-refractivity contribution in [2.24, 2.45) is 0 Å². The number of Topliss-reactive ketones (excluding diaryl/α,β-unsaturated/α-hetero) is 1. The highest BCUT2D eigenvalue weighted by molar-refractivity contribution is 6.46. The van der Waals surface area contributed by atoms with Crippen LogP contribution in [-0.2, 0) is 14.3 Å². The molecule has 2 heterocycles. The van der Waals surface area contributed by atoms with Crippen LogP contribution in [0.5, 0.6) is 0 Å². The summed E-state index contributed by atoms with van der Waals surface area (Å²) in [6.45, 7) is 5.38. The molecular weight excluding hydrogens is 399 g/mol. The predicted molar refractivity (Wildman–Crippen MR) is 114 cm³/mol. The number of aliphatic hydroxyl groups excluding tert-OH is 1. The number of morpholine rings is 1. The molecule has 2 aromatic rings. The average molecular weight is 424 g/mol. The molecule has 6 nitrogen and oxygen atoms in total. The van der Waals surface area contributed by atoms with Crippen LogP contribution in [0.2, 0.25) is 0 Å². The minimum absolute atomic E-state index is 0.0825. The highest BCUT2D eigenvalue weighted by Crippen LogP contribution is 2.40. The zero-order valence-corrected chi connectivity index (χ0v) is 17.4. The van der Waals surface area contributed by atoms with Crippen LogP contribution in [0.15, 0.2) is 54.1 Å². The largest absolute Gasteiger partial charge is 0.507 e. The second kappa shape index (κ2) is 8.99. The van der Waals surface area contributed by atoms with E-state index < -0.39 is 23.5 Å². The molecule has 0 spiro atoms. The van der Waals surface area contributed by atoms with Gasteiger partial charge in [0.25, 0.3) is 11.7 Å². The first kappa shape index (κ1) is 21.2. The average Bonchev–Trinajstić information content (AvgIpc) is 3.03. The second-order valence-corrected chi connectivity index (χ2v) is 7.83. The maximum Gasteiger partial charge on any atom is 0.295 e. The molecule has 2 aliphatic heterocycles. The number of rotatable bonds is 5. The van der Waals surface area contributed by atoms with Crippen molar-refractivity contribution >= 4 is 17.4 Å². The maximum atomic E-state index is 14.8. The molecule has 2 fully saturated rings. The number of halogens is 1. The number of ketones is 1. The highest BCUT2D eigenvalue weighted by Gasteiger charge is 2.46. The molecule has 1 atom stereocenters. The van der Waals surface area contributed by atoms with Crippen LogP contribution in [0.25, 0.3) is 5.76 Å². The van der Waals surface area contributed by atoms with E-state index in [1.54, 1.807) is 30.3 Å². The molecule has 2 aliphatic rings. The Kier molecular flexibility index (Phi) is 6.15. The van der Waals surface area contributed by atoms with Crippen LogP contribution in [0.1, 0.15) is 22.7 Å². The van der Waals surface area contributed by atoms with Crippen molar-refractivity contribution in [1.82, 2.24) is 9.80 Å². The summed E-state index contributed by atoms with van der Waals surface area (Å²) >= 11 is 0. The topological polar surface area (TPSA) is 70.1 Å². The molecule has 2 saturated heterocycles. The Balaban J connectivity index is 1.75. The fraction of sp³-hybridized carbons (Fsp3) is 0.333. The van der Waals surface area contributed by atoms with Gasteiger partial charge < -0.3 is 14.7 Å². The molecule has 162 valence electrons. The van der Waals surface area contributed by atoms with E-state index in [0.29, 0.717) is 25.3 Å². The van der Waals surface area contributed by atoms with Crippen LogP contribution >= 0.6 is 0 Å². The number of nitrogens with zero attached hydrogens (tertiary/aromatic N) is 2. The molecule has 1 unspecified atom stereocenters. The lowest BCUT2D eigenvalue weighted by molar-refractivity contribution is -0.140. The number of carbonyl (C=O) groups excluding carboxylic acids is 2. The van der Waals surface area contributed by atoms with E-state index in [1.807, 2.05) is 19.1 Å². The van der Waals surface area contributed by atoms with Gasteiger partial charge in [-0.3, -0.25) is 14.5 Å². The van der Waals surface area contributed by atoms with Crippen LogP contribution in [-0.4, -0.2) is 66.0 Å². The van der Waals surface area contributed by atoms with Gasteiger partial charge in [0.1, 0.15) is 11.6 Å². The van der Waals surface area contributed by atoms with Gasteiger partial charge in [0.2, 0.25) is 0 Å².